The van der Waals surface area contributed by atoms with E-state index in [2.05, 4.69) is 16.9 Å². The molecule has 1 aliphatic heterocycles. The van der Waals surface area contributed by atoms with Crippen molar-refractivity contribution in [1.29, 1.82) is 0 Å². The number of fused-ring (bicyclic) bond motifs is 1. The first-order valence-electron chi connectivity index (χ1n) is 3.94. The van der Waals surface area contributed by atoms with E-state index in [4.69, 9.17) is 0 Å². The lowest BCUT2D eigenvalue weighted by Gasteiger charge is -1.91. The first kappa shape index (κ1) is 6.58. The summed E-state index contributed by atoms with van der Waals surface area (Å²) in [5, 5.41) is 8.10. The molecule has 1 aromatic rings. The van der Waals surface area contributed by atoms with Gasteiger partial charge in [-0.05, 0) is 12.8 Å². The lowest BCUT2D eigenvalue weighted by atomic mass is 10.2. The molecule has 0 spiro atoms. The van der Waals surface area contributed by atoms with E-state index in [0.29, 0.717) is 0 Å². The van der Waals surface area contributed by atoms with Gasteiger partial charge in [0.15, 0.2) is 0 Å². The predicted octanol–water partition coefficient (Wildman–Crippen LogP) is 0.953. The molecular weight excluding hydrogens is 138 g/mol. The lowest BCUT2D eigenvalue weighted by molar-refractivity contribution is 0.622. The van der Waals surface area contributed by atoms with Crippen LogP contribution in [0.15, 0.2) is 12.7 Å². The molecular formula is C8H11N3. The van der Waals surface area contributed by atoms with Crippen molar-refractivity contribution in [2.45, 2.75) is 25.8 Å². The third kappa shape index (κ3) is 0.964. The van der Waals surface area contributed by atoms with Crippen molar-refractivity contribution in [3.63, 3.8) is 0 Å². The Morgan fingerprint density at radius 3 is 3.36 bits per heavy atom. The van der Waals surface area contributed by atoms with Crippen LogP contribution in [0.1, 0.15) is 17.8 Å². The van der Waals surface area contributed by atoms with E-state index in [-0.39, 0.29) is 0 Å². The van der Waals surface area contributed by atoms with Crippen LogP contribution in [-0.4, -0.2) is 15.0 Å². The summed E-state index contributed by atoms with van der Waals surface area (Å²) in [5.41, 5.74) is 2.42. The van der Waals surface area contributed by atoms with Crippen LogP contribution in [0.2, 0.25) is 0 Å². The summed E-state index contributed by atoms with van der Waals surface area (Å²) in [7, 11) is 0. The summed E-state index contributed by atoms with van der Waals surface area (Å²) in [4.78, 5) is 0. The molecule has 11 heavy (non-hydrogen) atoms. The van der Waals surface area contributed by atoms with E-state index in [1.807, 2.05) is 10.8 Å². The number of aromatic nitrogens is 3. The van der Waals surface area contributed by atoms with Crippen LogP contribution in [0.25, 0.3) is 0 Å². The molecule has 0 atom stereocenters. The van der Waals surface area contributed by atoms with Crippen molar-refractivity contribution in [3.05, 3.63) is 24.0 Å². The Morgan fingerprint density at radius 1 is 1.64 bits per heavy atom. The molecule has 0 fully saturated rings. The number of hydrogen-bond acceptors (Lipinski definition) is 2. The zero-order valence-electron chi connectivity index (χ0n) is 6.45. The minimum Gasteiger partial charge on any atom is -0.249 e. The van der Waals surface area contributed by atoms with Crippen molar-refractivity contribution < 1.29 is 0 Å². The van der Waals surface area contributed by atoms with Gasteiger partial charge >= 0.3 is 0 Å². The molecule has 0 saturated heterocycles. The summed E-state index contributed by atoms with van der Waals surface area (Å²) in [5.74, 6) is 0. The molecule has 2 heterocycles. The van der Waals surface area contributed by atoms with E-state index in [9.17, 15) is 0 Å². The molecule has 0 radical (unpaired) electrons. The average molecular weight is 149 g/mol. The van der Waals surface area contributed by atoms with Gasteiger partial charge in [0.05, 0.1) is 11.4 Å². The zero-order valence-corrected chi connectivity index (χ0v) is 6.45. The normalized spacial score (nSPS) is 14.9. The van der Waals surface area contributed by atoms with Gasteiger partial charge in [-0.3, -0.25) is 0 Å². The monoisotopic (exact) mass is 149 g/mol. The van der Waals surface area contributed by atoms with E-state index in [1.54, 1.807) is 0 Å². The minimum atomic E-state index is 0.856. The summed E-state index contributed by atoms with van der Waals surface area (Å²) in [6, 6.07) is 0. The number of hydrogen-bond donors (Lipinski definition) is 0. The highest BCUT2D eigenvalue weighted by Gasteiger charge is 2.16. The Labute approximate surface area is 65.7 Å². The summed E-state index contributed by atoms with van der Waals surface area (Å²) < 4.78 is 2.00. The van der Waals surface area contributed by atoms with Crippen LogP contribution in [0.4, 0.5) is 0 Å². The molecule has 2 rings (SSSR count). The number of rotatable bonds is 2. The molecule has 0 saturated carbocycles. The molecule has 0 aromatic carbocycles. The second-order valence-electron chi connectivity index (χ2n) is 2.80. The van der Waals surface area contributed by atoms with Gasteiger partial charge in [-0.25, -0.2) is 4.68 Å². The highest BCUT2D eigenvalue weighted by molar-refractivity contribution is 5.15. The van der Waals surface area contributed by atoms with Crippen LogP contribution < -0.4 is 0 Å². The lowest BCUT2D eigenvalue weighted by Crippen LogP contribution is -1.94. The molecule has 58 valence electrons. The highest BCUT2D eigenvalue weighted by atomic mass is 15.4. The second-order valence-corrected chi connectivity index (χ2v) is 2.80. The van der Waals surface area contributed by atoms with E-state index >= 15 is 0 Å². The Bertz CT molecular complexity index is 275. The number of allylic oxidation sites excluding steroid dienone is 1. The Kier molecular flexibility index (Phi) is 1.49. The van der Waals surface area contributed by atoms with Crippen LogP contribution in [0.5, 0.6) is 0 Å². The third-order valence-electron chi connectivity index (χ3n) is 2.04. The Balaban J connectivity index is 2.34. The fraction of sp³-hybridized carbons (Fsp3) is 0.500. The van der Waals surface area contributed by atoms with Crippen molar-refractivity contribution in [2.75, 3.05) is 0 Å². The quantitative estimate of drug-likeness (QED) is 0.586. The maximum Gasteiger partial charge on any atom is 0.0896 e. The first-order chi connectivity index (χ1) is 5.42. The van der Waals surface area contributed by atoms with Crippen LogP contribution in [-0.2, 0) is 19.4 Å². The van der Waals surface area contributed by atoms with Crippen LogP contribution >= 0.6 is 0 Å². The summed E-state index contributed by atoms with van der Waals surface area (Å²) >= 11 is 0. The van der Waals surface area contributed by atoms with Gasteiger partial charge in [-0.15, -0.1) is 11.7 Å². The van der Waals surface area contributed by atoms with Gasteiger partial charge < -0.3 is 0 Å². The fourth-order valence-electron chi connectivity index (χ4n) is 1.51. The third-order valence-corrected chi connectivity index (χ3v) is 2.04. The van der Waals surface area contributed by atoms with Crippen molar-refractivity contribution in [3.8, 4) is 0 Å². The second kappa shape index (κ2) is 2.49. The summed E-state index contributed by atoms with van der Waals surface area (Å²) in [6.45, 7) is 4.73. The van der Waals surface area contributed by atoms with Crippen LogP contribution in [0, 0.1) is 0 Å². The largest absolute Gasteiger partial charge is 0.249 e. The van der Waals surface area contributed by atoms with Gasteiger partial charge in [0.1, 0.15) is 0 Å². The van der Waals surface area contributed by atoms with Gasteiger partial charge in [0, 0.05) is 13.0 Å². The molecule has 0 N–H and O–H groups in total. The fourth-order valence-corrected chi connectivity index (χ4v) is 1.51. The van der Waals surface area contributed by atoms with Crippen LogP contribution in [0.3, 0.4) is 0 Å². The standard InChI is InChI=1S/C8H11N3/c1-2-4-7-8-5-3-6-11(8)10-9-7/h2H,1,3-6H2. The van der Waals surface area contributed by atoms with Gasteiger partial charge in [-0.1, -0.05) is 11.3 Å². The maximum atomic E-state index is 4.07. The Hall–Kier alpha value is -1.12. The van der Waals surface area contributed by atoms with Gasteiger partial charge in [0.2, 0.25) is 0 Å². The molecule has 3 heteroatoms. The molecule has 0 bridgehead atoms. The molecule has 0 aliphatic carbocycles. The SMILES string of the molecule is C=CCc1nnn2c1CCC2. The molecule has 0 amide bonds. The topological polar surface area (TPSA) is 30.7 Å². The highest BCUT2D eigenvalue weighted by Crippen LogP contribution is 2.16. The van der Waals surface area contributed by atoms with E-state index in [1.165, 1.54) is 12.1 Å². The van der Waals surface area contributed by atoms with Crippen molar-refractivity contribution >= 4 is 0 Å². The molecule has 1 aromatic heterocycles. The molecule has 0 unspecified atom stereocenters. The maximum absolute atomic E-state index is 4.07. The molecule has 3 nitrogen and oxygen atoms in total. The number of aryl methyl sites for hydroxylation is 1. The zero-order chi connectivity index (χ0) is 7.68. The summed E-state index contributed by atoms with van der Waals surface area (Å²) in [6.07, 6.45) is 5.09. The predicted molar refractivity (Wildman–Crippen MR) is 42.2 cm³/mol. The van der Waals surface area contributed by atoms with Gasteiger partial charge in [0.25, 0.3) is 0 Å². The van der Waals surface area contributed by atoms with E-state index in [0.717, 1.165) is 25.1 Å². The van der Waals surface area contributed by atoms with E-state index < -0.39 is 0 Å². The first-order valence-corrected chi connectivity index (χ1v) is 3.94. The Morgan fingerprint density at radius 2 is 2.55 bits per heavy atom. The average Bonchev–Trinajstić information content (AvgIpc) is 2.53. The molecule has 1 aliphatic rings. The minimum absolute atomic E-state index is 0.856. The number of nitrogens with zero attached hydrogens (tertiary/aromatic N) is 3. The van der Waals surface area contributed by atoms with Crippen molar-refractivity contribution in [1.82, 2.24) is 15.0 Å². The van der Waals surface area contributed by atoms with Gasteiger partial charge in [-0.2, -0.15) is 0 Å². The van der Waals surface area contributed by atoms with Crippen molar-refractivity contribution in [2.24, 2.45) is 0 Å². The smallest absolute Gasteiger partial charge is 0.0896 e.